The van der Waals surface area contributed by atoms with Gasteiger partial charge >= 0.3 is 0 Å². The molecule has 6 nitrogen and oxygen atoms in total. The van der Waals surface area contributed by atoms with Gasteiger partial charge in [0.25, 0.3) is 0 Å². The number of hydrogen-bond acceptors (Lipinski definition) is 5. The summed E-state index contributed by atoms with van der Waals surface area (Å²) >= 11 is 0. The zero-order valence-corrected chi connectivity index (χ0v) is 17.6. The van der Waals surface area contributed by atoms with Crippen LogP contribution in [0.2, 0.25) is 0 Å². The van der Waals surface area contributed by atoms with E-state index in [1.807, 2.05) is 4.90 Å². The Hall–Kier alpha value is -2.47. The van der Waals surface area contributed by atoms with Crippen LogP contribution in [-0.4, -0.2) is 60.7 Å². The fourth-order valence-corrected chi connectivity index (χ4v) is 3.89. The maximum Gasteiger partial charge on any atom is 0.248 e. The van der Waals surface area contributed by atoms with Crippen molar-refractivity contribution in [2.45, 2.75) is 39.0 Å². The van der Waals surface area contributed by atoms with Gasteiger partial charge in [0.2, 0.25) is 5.91 Å². The fraction of sp³-hybridized carbons (Fsp3) is 0.522. The Morgan fingerprint density at radius 2 is 1.76 bits per heavy atom. The molecule has 0 radical (unpaired) electrons. The number of nitrogens with zero attached hydrogens (tertiary/aromatic N) is 4. The Morgan fingerprint density at radius 3 is 2.38 bits per heavy atom. The highest BCUT2D eigenvalue weighted by molar-refractivity contribution is 5.77. The third kappa shape index (κ3) is 4.58. The third-order valence-electron chi connectivity index (χ3n) is 5.85. The van der Waals surface area contributed by atoms with Crippen LogP contribution in [-0.2, 0) is 16.0 Å². The van der Waals surface area contributed by atoms with Crippen LogP contribution in [0.5, 0.6) is 0 Å². The standard InChI is InChI=1S/C23H30N4O2/c1-16-4-6-18(7-5-16)14-20-17(2)24-22(19-8-9-19)25-23(20)27-12-10-26(11-13-27)21(28)15-29-3/h4-7,19H,8-15H2,1-3H3. The van der Waals surface area contributed by atoms with E-state index in [1.165, 1.54) is 29.5 Å². The first-order valence-corrected chi connectivity index (χ1v) is 10.5. The Bertz CT molecular complexity index is 869. The van der Waals surface area contributed by atoms with Crippen molar-refractivity contribution in [2.75, 3.05) is 44.8 Å². The van der Waals surface area contributed by atoms with Gasteiger partial charge in [0.05, 0.1) is 0 Å². The van der Waals surface area contributed by atoms with Crippen LogP contribution in [0.15, 0.2) is 24.3 Å². The van der Waals surface area contributed by atoms with E-state index in [-0.39, 0.29) is 12.5 Å². The highest BCUT2D eigenvalue weighted by Gasteiger charge is 2.30. The number of amides is 1. The number of piperazine rings is 1. The molecule has 1 aromatic carbocycles. The molecule has 4 rings (SSSR count). The summed E-state index contributed by atoms with van der Waals surface area (Å²) in [5, 5.41) is 0. The Balaban J connectivity index is 1.59. The second-order valence-electron chi connectivity index (χ2n) is 8.21. The number of methoxy groups -OCH3 is 1. The molecule has 154 valence electrons. The minimum atomic E-state index is 0.0598. The van der Waals surface area contributed by atoms with Crippen LogP contribution in [0.25, 0.3) is 0 Å². The Labute approximate surface area is 172 Å². The van der Waals surface area contributed by atoms with Gasteiger partial charge < -0.3 is 14.5 Å². The molecule has 0 bridgehead atoms. The monoisotopic (exact) mass is 394 g/mol. The van der Waals surface area contributed by atoms with E-state index in [1.54, 1.807) is 7.11 Å². The molecule has 1 saturated carbocycles. The van der Waals surface area contributed by atoms with Gasteiger partial charge in [-0.15, -0.1) is 0 Å². The van der Waals surface area contributed by atoms with Crippen molar-refractivity contribution in [1.29, 1.82) is 0 Å². The first kappa shape index (κ1) is 19.8. The van der Waals surface area contributed by atoms with Crippen LogP contribution in [0.3, 0.4) is 0 Å². The molecule has 1 aliphatic heterocycles. The molecule has 1 aliphatic carbocycles. The lowest BCUT2D eigenvalue weighted by molar-refractivity contribution is -0.135. The number of rotatable bonds is 6. The molecular formula is C23H30N4O2. The largest absolute Gasteiger partial charge is 0.375 e. The summed E-state index contributed by atoms with van der Waals surface area (Å²) in [6, 6.07) is 8.69. The fourth-order valence-electron chi connectivity index (χ4n) is 3.89. The van der Waals surface area contributed by atoms with Crippen molar-refractivity contribution in [3.63, 3.8) is 0 Å². The number of aromatic nitrogens is 2. The lowest BCUT2D eigenvalue weighted by Gasteiger charge is -2.36. The lowest BCUT2D eigenvalue weighted by Crippen LogP contribution is -2.50. The first-order valence-electron chi connectivity index (χ1n) is 10.5. The summed E-state index contributed by atoms with van der Waals surface area (Å²) in [7, 11) is 1.56. The molecule has 29 heavy (non-hydrogen) atoms. The number of carbonyl (C=O) groups excluding carboxylic acids is 1. The van der Waals surface area contributed by atoms with Crippen molar-refractivity contribution >= 4 is 11.7 Å². The summed E-state index contributed by atoms with van der Waals surface area (Å²) < 4.78 is 5.00. The molecule has 6 heteroatoms. The molecule has 0 spiro atoms. The molecule has 1 saturated heterocycles. The van der Waals surface area contributed by atoms with Gasteiger partial charge in [0.15, 0.2) is 0 Å². The second kappa shape index (κ2) is 8.49. The maximum atomic E-state index is 12.1. The predicted molar refractivity (Wildman–Crippen MR) is 113 cm³/mol. The van der Waals surface area contributed by atoms with Crippen molar-refractivity contribution in [2.24, 2.45) is 0 Å². The first-order chi connectivity index (χ1) is 14.0. The van der Waals surface area contributed by atoms with Crippen LogP contribution in [0.4, 0.5) is 5.82 Å². The van der Waals surface area contributed by atoms with Gasteiger partial charge in [0, 0.05) is 56.9 Å². The number of benzene rings is 1. The summed E-state index contributed by atoms with van der Waals surface area (Å²) in [5.74, 6) is 2.62. The molecule has 2 aromatic rings. The number of anilines is 1. The number of hydrogen-bond donors (Lipinski definition) is 0. The van der Waals surface area contributed by atoms with Crippen LogP contribution in [0, 0.1) is 13.8 Å². The van der Waals surface area contributed by atoms with E-state index >= 15 is 0 Å². The van der Waals surface area contributed by atoms with Crippen molar-refractivity contribution in [3.05, 3.63) is 52.5 Å². The molecule has 0 unspecified atom stereocenters. The Morgan fingerprint density at radius 1 is 1.07 bits per heavy atom. The minimum absolute atomic E-state index is 0.0598. The third-order valence-corrected chi connectivity index (χ3v) is 5.85. The van der Waals surface area contributed by atoms with Gasteiger partial charge in [-0.25, -0.2) is 9.97 Å². The molecule has 0 N–H and O–H groups in total. The van der Waals surface area contributed by atoms with Crippen LogP contribution < -0.4 is 4.90 Å². The quantitative estimate of drug-likeness (QED) is 0.754. The van der Waals surface area contributed by atoms with E-state index in [9.17, 15) is 4.79 Å². The summed E-state index contributed by atoms with van der Waals surface area (Å²) in [6.07, 6.45) is 3.21. The molecule has 2 fully saturated rings. The smallest absolute Gasteiger partial charge is 0.248 e. The van der Waals surface area contributed by atoms with E-state index in [2.05, 4.69) is 43.0 Å². The molecule has 1 aromatic heterocycles. The number of ether oxygens (including phenoxy) is 1. The molecule has 2 heterocycles. The molecule has 2 aliphatic rings. The maximum absolute atomic E-state index is 12.1. The normalized spacial score (nSPS) is 16.9. The molecule has 1 amide bonds. The lowest BCUT2D eigenvalue weighted by atomic mass is 10.0. The van der Waals surface area contributed by atoms with Crippen molar-refractivity contribution < 1.29 is 9.53 Å². The zero-order chi connectivity index (χ0) is 20.4. The zero-order valence-electron chi connectivity index (χ0n) is 17.6. The minimum Gasteiger partial charge on any atom is -0.375 e. The summed E-state index contributed by atoms with van der Waals surface area (Å²) in [6.45, 7) is 7.35. The summed E-state index contributed by atoms with van der Waals surface area (Å²) in [4.78, 5) is 26.2. The average Bonchev–Trinajstić information content (AvgIpc) is 3.56. The van der Waals surface area contributed by atoms with Gasteiger partial charge in [-0.2, -0.15) is 0 Å². The highest BCUT2D eigenvalue weighted by atomic mass is 16.5. The Kier molecular flexibility index (Phi) is 5.81. The van der Waals surface area contributed by atoms with Crippen molar-refractivity contribution in [1.82, 2.24) is 14.9 Å². The van der Waals surface area contributed by atoms with Gasteiger partial charge in [-0.05, 0) is 32.3 Å². The average molecular weight is 395 g/mol. The summed E-state index contributed by atoms with van der Waals surface area (Å²) in [5.41, 5.74) is 4.82. The molecular weight excluding hydrogens is 364 g/mol. The SMILES string of the molecule is COCC(=O)N1CCN(c2nc(C3CC3)nc(C)c2Cc2ccc(C)cc2)CC1. The van der Waals surface area contributed by atoms with Crippen LogP contribution >= 0.6 is 0 Å². The molecule has 0 atom stereocenters. The second-order valence-corrected chi connectivity index (χ2v) is 8.21. The number of aryl methyl sites for hydroxylation is 2. The highest BCUT2D eigenvalue weighted by Crippen LogP contribution is 2.39. The van der Waals surface area contributed by atoms with Gasteiger partial charge in [-0.1, -0.05) is 29.8 Å². The predicted octanol–water partition coefficient (Wildman–Crippen LogP) is 2.86. The van der Waals surface area contributed by atoms with E-state index in [4.69, 9.17) is 14.7 Å². The van der Waals surface area contributed by atoms with Gasteiger partial charge in [0.1, 0.15) is 18.2 Å². The van der Waals surface area contributed by atoms with Crippen LogP contribution in [0.1, 0.15) is 47.0 Å². The topological polar surface area (TPSA) is 58.6 Å². The van der Waals surface area contributed by atoms with E-state index in [0.29, 0.717) is 19.0 Å². The number of carbonyl (C=O) groups is 1. The van der Waals surface area contributed by atoms with Crippen molar-refractivity contribution in [3.8, 4) is 0 Å². The van der Waals surface area contributed by atoms with E-state index in [0.717, 1.165) is 36.8 Å². The van der Waals surface area contributed by atoms with Gasteiger partial charge in [-0.3, -0.25) is 4.79 Å². The van der Waals surface area contributed by atoms with E-state index < -0.39 is 0 Å².